The molecule has 1 aromatic heterocycles. The molecular weight excluding hydrogens is 695 g/mol. The Hall–Kier alpha value is -4.64. The molecule has 2 aliphatic heterocycles. The lowest BCUT2D eigenvalue weighted by Crippen LogP contribution is -2.58. The highest BCUT2D eigenvalue weighted by Gasteiger charge is 2.54. The molecule has 2 aromatic carbocycles. The van der Waals surface area contributed by atoms with Crippen LogP contribution in [0.2, 0.25) is 0 Å². The van der Waals surface area contributed by atoms with Crippen LogP contribution in [0.1, 0.15) is 51.7 Å². The van der Waals surface area contributed by atoms with Crippen LogP contribution in [0.3, 0.4) is 0 Å². The van der Waals surface area contributed by atoms with Crippen LogP contribution in [0.4, 0.5) is 18.9 Å². The molecule has 1 atom stereocenters. The van der Waals surface area contributed by atoms with E-state index >= 15 is 0 Å². The Kier molecular flexibility index (Phi) is 10.9. The number of piperidine rings is 1. The molecule has 1 spiro atoms. The van der Waals surface area contributed by atoms with Gasteiger partial charge in [-0.15, -0.1) is 0 Å². The van der Waals surface area contributed by atoms with E-state index in [0.29, 0.717) is 31.6 Å². The summed E-state index contributed by atoms with van der Waals surface area (Å²) in [7, 11) is -2.97. The molecule has 1 saturated heterocycles. The van der Waals surface area contributed by atoms with Crippen molar-refractivity contribution < 1.29 is 50.6 Å². The van der Waals surface area contributed by atoms with Gasteiger partial charge in [0, 0.05) is 48.6 Å². The summed E-state index contributed by atoms with van der Waals surface area (Å²) in [5, 5.41) is 11.0. The van der Waals surface area contributed by atoms with E-state index in [1.165, 1.54) is 25.3 Å². The van der Waals surface area contributed by atoms with Gasteiger partial charge >= 0.3 is 18.1 Å². The van der Waals surface area contributed by atoms with Crippen LogP contribution >= 0.6 is 0 Å². The number of benzene rings is 2. The maximum atomic E-state index is 14.0. The quantitative estimate of drug-likeness (QED) is 0.252. The monoisotopic (exact) mass is 737 g/mol. The van der Waals surface area contributed by atoms with Crippen molar-refractivity contribution in [3.05, 3.63) is 65.9 Å². The van der Waals surface area contributed by atoms with Gasteiger partial charge in [-0.1, -0.05) is 36.4 Å². The molecule has 5 rings (SSSR count). The molecule has 0 radical (unpaired) electrons. The van der Waals surface area contributed by atoms with Crippen LogP contribution in [0.25, 0.3) is 10.9 Å². The van der Waals surface area contributed by atoms with Gasteiger partial charge in [0.2, 0.25) is 11.8 Å². The molecule has 3 aromatic rings. The number of rotatable bonds is 8. The minimum absolute atomic E-state index is 0.161. The van der Waals surface area contributed by atoms with Crippen molar-refractivity contribution in [3.8, 4) is 0 Å². The van der Waals surface area contributed by atoms with Gasteiger partial charge in [-0.25, -0.2) is 13.2 Å². The second-order valence-electron chi connectivity index (χ2n) is 13.8. The number of hydrogen-bond acceptors (Lipinski definition) is 8. The molecule has 1 fully saturated rings. The van der Waals surface area contributed by atoms with E-state index in [-0.39, 0.29) is 18.9 Å². The first-order chi connectivity index (χ1) is 23.6. The Labute approximate surface area is 293 Å². The zero-order valence-electron chi connectivity index (χ0n) is 28.8. The van der Waals surface area contributed by atoms with Crippen LogP contribution in [0.5, 0.6) is 0 Å². The molecule has 2 aliphatic rings. The lowest BCUT2D eigenvalue weighted by Gasteiger charge is -2.41. The molecule has 0 unspecified atom stereocenters. The van der Waals surface area contributed by atoms with Crippen molar-refractivity contribution in [1.82, 2.24) is 15.2 Å². The summed E-state index contributed by atoms with van der Waals surface area (Å²) in [5.41, 5.74) is 7.62. The van der Waals surface area contributed by atoms with Gasteiger partial charge in [0.15, 0.2) is 4.75 Å². The lowest BCUT2D eigenvalue weighted by molar-refractivity contribution is -0.192. The average Bonchev–Trinajstić information content (AvgIpc) is 3.62. The number of aromatic nitrogens is 1. The fraction of sp³-hybridized carbons (Fsp3) is 0.471. The Morgan fingerprint density at radius 1 is 1.02 bits per heavy atom. The van der Waals surface area contributed by atoms with E-state index in [4.69, 9.17) is 20.4 Å². The van der Waals surface area contributed by atoms with Gasteiger partial charge < -0.3 is 30.8 Å². The van der Waals surface area contributed by atoms with Crippen molar-refractivity contribution in [1.29, 1.82) is 0 Å². The fourth-order valence-corrected chi connectivity index (χ4v) is 7.97. The first-order valence-corrected chi connectivity index (χ1v) is 17.4. The number of carbonyl (C=O) groups is 4. The molecule has 5 N–H and O–H groups in total. The largest absolute Gasteiger partial charge is 0.490 e. The molecule has 0 bridgehead atoms. The maximum Gasteiger partial charge on any atom is 0.490 e. The summed E-state index contributed by atoms with van der Waals surface area (Å²) in [4.78, 5) is 53.4. The summed E-state index contributed by atoms with van der Waals surface area (Å²) >= 11 is 0. The number of carboxylic acids is 1. The molecule has 17 heteroatoms. The molecule has 51 heavy (non-hydrogen) atoms. The average molecular weight is 738 g/mol. The number of sulfonamides is 1. The summed E-state index contributed by atoms with van der Waals surface area (Å²) in [5.74, 6) is -4.24. The number of aromatic amines is 1. The number of carbonyl (C=O) groups excluding carboxylic acids is 3. The predicted octanol–water partition coefficient (Wildman–Crippen LogP) is 3.23. The number of nitrogens with two attached hydrogens (primary N) is 1. The Balaban J connectivity index is 0.000000755. The number of hydrogen-bond donors (Lipinski definition) is 4. The van der Waals surface area contributed by atoms with E-state index in [1.54, 1.807) is 30.9 Å². The van der Waals surface area contributed by atoms with Gasteiger partial charge in [-0.05, 0) is 63.8 Å². The smallest absolute Gasteiger partial charge is 0.475 e. The topological polar surface area (TPSA) is 192 Å². The number of nitrogens with one attached hydrogen (secondary N) is 2. The predicted molar refractivity (Wildman–Crippen MR) is 182 cm³/mol. The van der Waals surface area contributed by atoms with Gasteiger partial charge in [0.05, 0.1) is 18.3 Å². The van der Waals surface area contributed by atoms with Gasteiger partial charge in [0.1, 0.15) is 6.04 Å². The van der Waals surface area contributed by atoms with Crippen molar-refractivity contribution in [2.24, 2.45) is 5.73 Å². The van der Waals surface area contributed by atoms with E-state index in [0.717, 1.165) is 22.0 Å². The number of alkyl halides is 3. The number of halogens is 3. The van der Waals surface area contributed by atoms with Crippen molar-refractivity contribution in [3.63, 3.8) is 0 Å². The highest BCUT2D eigenvalue weighted by Crippen LogP contribution is 2.49. The maximum absolute atomic E-state index is 14.0. The minimum Gasteiger partial charge on any atom is -0.475 e. The van der Waals surface area contributed by atoms with Crippen LogP contribution in [-0.4, -0.2) is 96.4 Å². The number of para-hydroxylation sites is 2. The van der Waals surface area contributed by atoms with E-state index < -0.39 is 55.8 Å². The number of amides is 2. The zero-order chi connectivity index (χ0) is 38.2. The first kappa shape index (κ1) is 39.2. The number of methoxy groups -OCH3 is 1. The third kappa shape index (κ3) is 7.83. The molecule has 0 aliphatic carbocycles. The lowest BCUT2D eigenvalue weighted by atomic mass is 9.74. The fourth-order valence-electron chi connectivity index (χ4n) is 6.29. The second-order valence-corrected chi connectivity index (χ2v) is 16.2. The number of esters is 1. The van der Waals surface area contributed by atoms with E-state index in [9.17, 15) is 36.0 Å². The highest BCUT2D eigenvalue weighted by molar-refractivity contribution is 7.94. The Morgan fingerprint density at radius 2 is 1.59 bits per heavy atom. The summed E-state index contributed by atoms with van der Waals surface area (Å²) < 4.78 is 63.8. The van der Waals surface area contributed by atoms with Crippen LogP contribution < -0.4 is 15.4 Å². The van der Waals surface area contributed by atoms with Crippen molar-refractivity contribution >= 4 is 50.4 Å². The Morgan fingerprint density at radius 3 is 2.16 bits per heavy atom. The molecular formula is C34H42F3N5O8S. The second kappa shape index (κ2) is 14.2. The summed E-state index contributed by atoms with van der Waals surface area (Å²) in [6.07, 6.45) is -1.92. The van der Waals surface area contributed by atoms with Crippen LogP contribution in [-0.2, 0) is 45.8 Å². The molecule has 3 heterocycles. The molecule has 13 nitrogen and oxygen atoms in total. The van der Waals surface area contributed by atoms with Gasteiger partial charge in [-0.3, -0.25) is 18.7 Å². The zero-order valence-corrected chi connectivity index (χ0v) is 29.7. The van der Waals surface area contributed by atoms with Gasteiger partial charge in [-0.2, -0.15) is 13.2 Å². The minimum atomic E-state index is -5.08. The molecule has 2 amide bonds. The van der Waals surface area contributed by atoms with Crippen molar-refractivity contribution in [2.45, 2.75) is 74.9 Å². The summed E-state index contributed by atoms with van der Waals surface area (Å²) in [6.45, 7) is 6.80. The number of ether oxygens (including phenoxy) is 1. The van der Waals surface area contributed by atoms with Crippen LogP contribution in [0, 0.1) is 0 Å². The van der Waals surface area contributed by atoms with E-state index in [1.807, 2.05) is 42.6 Å². The number of likely N-dealkylation sites (tertiary alicyclic amines) is 1. The third-order valence-electron chi connectivity index (χ3n) is 9.36. The van der Waals surface area contributed by atoms with Crippen LogP contribution in [0.15, 0.2) is 54.7 Å². The third-order valence-corrected chi connectivity index (χ3v) is 11.7. The van der Waals surface area contributed by atoms with E-state index in [2.05, 4.69) is 10.3 Å². The highest BCUT2D eigenvalue weighted by atomic mass is 32.2. The molecule has 0 saturated carbocycles. The van der Waals surface area contributed by atoms with Gasteiger partial charge in [0.25, 0.3) is 10.0 Å². The number of nitrogens with zero attached hydrogens (tertiary/aromatic N) is 2. The summed E-state index contributed by atoms with van der Waals surface area (Å²) in [6, 6.07) is 14.3. The van der Waals surface area contributed by atoms with Crippen molar-refractivity contribution in [2.75, 3.05) is 31.0 Å². The number of fused-ring (bicyclic) bond motifs is 3. The number of H-pyrrole nitrogens is 1. The number of carboxylic acid groups (broad SMARTS) is 1. The SMILES string of the molecule is COC(=O)C(C)(C)S(=O)(=O)N1CC2(CCN(C(=O)[C@@H](Cc3c[nH]c4ccccc34)NC(=O)C(C)(C)N)CC2)c2ccccc21.O=C(O)C(F)(F)F. The molecule has 278 valence electrons. The Bertz CT molecular complexity index is 1910. The first-order valence-electron chi connectivity index (χ1n) is 16.0. The number of aliphatic carboxylic acids is 1. The normalized spacial score (nSPS) is 16.6. The number of anilines is 1. The standard InChI is InChI=1S/C32H41N5O6S.C2HF3O2/c1-30(2,33)28(39)35-25(18-21-19-34-24-12-8-6-10-22(21)24)27(38)36-16-14-32(15-17-36)20-37(26-13-9-7-11-23(26)32)44(41,42)31(3,4)29(40)43-5;3-2(4,5)1(6)7/h6-13,19,25,34H,14-18,20,33H2,1-5H3,(H,35,39);(H,6,7)/t25-;/m1./s1.